The van der Waals surface area contributed by atoms with Gasteiger partial charge in [-0.3, -0.25) is 5.10 Å². The van der Waals surface area contributed by atoms with Crippen LogP contribution in [0, 0.1) is 0 Å². The average molecular weight is 147 g/mol. The van der Waals surface area contributed by atoms with Gasteiger partial charge in [-0.25, -0.2) is 9.98 Å². The number of guanidine groups is 1. The molecule has 0 fully saturated rings. The largest absolute Gasteiger partial charge is 0.284 e. The summed E-state index contributed by atoms with van der Waals surface area (Å²) in [6.07, 6.45) is 4.87. The minimum atomic E-state index is 0.442. The predicted octanol–water partition coefficient (Wildman–Crippen LogP) is 0.552. The average Bonchev–Trinajstić information content (AvgIpc) is 2.60. The van der Waals surface area contributed by atoms with Crippen molar-refractivity contribution in [1.82, 2.24) is 10.2 Å². The van der Waals surface area contributed by atoms with Gasteiger partial charge in [-0.15, -0.1) is 0 Å². The third-order valence-electron chi connectivity index (χ3n) is 1.15. The first-order valence-corrected chi connectivity index (χ1v) is 3.10. The second-order valence-corrected chi connectivity index (χ2v) is 1.90. The summed E-state index contributed by atoms with van der Waals surface area (Å²) in [6.45, 7) is 0. The molecule has 2 heterocycles. The summed E-state index contributed by atoms with van der Waals surface area (Å²) in [5.74, 6) is 1.04. The normalized spacial score (nSPS) is 14.4. The SMILES string of the molecule is C1=NC(=Nc2cc[nH]n2)N=C1. The Kier molecular flexibility index (Phi) is 1.33. The molecule has 1 N–H and O–H groups in total. The Labute approximate surface area is 62.6 Å². The zero-order valence-electron chi connectivity index (χ0n) is 5.60. The van der Waals surface area contributed by atoms with Crippen molar-refractivity contribution < 1.29 is 0 Å². The number of nitrogens with one attached hydrogen (secondary N) is 1. The lowest BCUT2D eigenvalue weighted by Gasteiger charge is -1.83. The highest BCUT2D eigenvalue weighted by Gasteiger charge is 1.97. The Bertz CT molecular complexity index is 305. The first kappa shape index (κ1) is 5.96. The highest BCUT2D eigenvalue weighted by Crippen LogP contribution is 2.05. The van der Waals surface area contributed by atoms with Gasteiger partial charge in [0.05, 0.1) is 0 Å². The fourth-order valence-corrected chi connectivity index (χ4v) is 0.708. The summed E-state index contributed by atoms with van der Waals surface area (Å²) in [6, 6.07) is 1.75. The molecular weight excluding hydrogens is 142 g/mol. The van der Waals surface area contributed by atoms with Crippen molar-refractivity contribution in [3.8, 4) is 0 Å². The molecule has 1 aliphatic heterocycles. The second-order valence-electron chi connectivity index (χ2n) is 1.90. The summed E-state index contributed by atoms with van der Waals surface area (Å²) < 4.78 is 0. The van der Waals surface area contributed by atoms with E-state index in [0.717, 1.165) is 0 Å². The molecule has 1 aliphatic rings. The van der Waals surface area contributed by atoms with Crippen LogP contribution in [0.4, 0.5) is 5.82 Å². The van der Waals surface area contributed by atoms with Crippen LogP contribution >= 0.6 is 0 Å². The first-order chi connectivity index (χ1) is 5.45. The number of hydrogen-bond acceptors (Lipinski definition) is 2. The molecular formula is C6H5N5. The summed E-state index contributed by atoms with van der Waals surface area (Å²) >= 11 is 0. The molecule has 0 radical (unpaired) electrons. The van der Waals surface area contributed by atoms with Crippen molar-refractivity contribution in [3.63, 3.8) is 0 Å². The number of aliphatic imine (C=N–C) groups is 3. The van der Waals surface area contributed by atoms with E-state index in [1.54, 1.807) is 24.7 Å². The molecule has 1 aromatic rings. The zero-order valence-corrected chi connectivity index (χ0v) is 5.60. The van der Waals surface area contributed by atoms with Crippen LogP contribution in [0.1, 0.15) is 0 Å². The molecule has 0 spiro atoms. The molecule has 2 rings (SSSR count). The van der Waals surface area contributed by atoms with E-state index < -0.39 is 0 Å². The molecule has 0 aromatic carbocycles. The van der Waals surface area contributed by atoms with E-state index in [0.29, 0.717) is 11.8 Å². The van der Waals surface area contributed by atoms with Crippen molar-refractivity contribution in [3.05, 3.63) is 12.3 Å². The lowest BCUT2D eigenvalue weighted by Crippen LogP contribution is -1.81. The Morgan fingerprint density at radius 3 is 2.73 bits per heavy atom. The van der Waals surface area contributed by atoms with Gasteiger partial charge in [0.2, 0.25) is 0 Å². The summed E-state index contributed by atoms with van der Waals surface area (Å²) in [4.78, 5) is 11.7. The fraction of sp³-hybridized carbons (Fsp3) is 0. The van der Waals surface area contributed by atoms with E-state index in [1.807, 2.05) is 0 Å². The standard InChI is InChI=1S/C6H5N5/c1-2-9-11-5(1)10-6-7-3-4-8-6/h1-4H,(H,9,11). The molecule has 0 unspecified atom stereocenters. The van der Waals surface area contributed by atoms with Crippen LogP contribution in [0.2, 0.25) is 0 Å². The highest BCUT2D eigenvalue weighted by atomic mass is 15.2. The first-order valence-electron chi connectivity index (χ1n) is 3.10. The Morgan fingerprint density at radius 2 is 2.09 bits per heavy atom. The van der Waals surface area contributed by atoms with Gasteiger partial charge in [0.25, 0.3) is 5.96 Å². The van der Waals surface area contributed by atoms with Crippen molar-refractivity contribution in [2.75, 3.05) is 0 Å². The van der Waals surface area contributed by atoms with Crippen molar-refractivity contribution in [1.29, 1.82) is 0 Å². The molecule has 0 aliphatic carbocycles. The summed E-state index contributed by atoms with van der Waals surface area (Å²) in [7, 11) is 0. The van der Waals surface area contributed by atoms with Gasteiger partial charge in [-0.1, -0.05) is 0 Å². The highest BCUT2D eigenvalue weighted by molar-refractivity contribution is 6.26. The quantitative estimate of drug-likeness (QED) is 0.619. The lowest BCUT2D eigenvalue weighted by atomic mass is 10.6. The number of aromatic amines is 1. The van der Waals surface area contributed by atoms with Gasteiger partial charge in [-0.05, 0) is 0 Å². The van der Waals surface area contributed by atoms with Gasteiger partial charge in [-0.2, -0.15) is 10.1 Å². The minimum absolute atomic E-state index is 0.442. The molecule has 5 nitrogen and oxygen atoms in total. The smallest absolute Gasteiger partial charge is 0.251 e. The van der Waals surface area contributed by atoms with E-state index >= 15 is 0 Å². The number of nitrogens with zero attached hydrogens (tertiary/aromatic N) is 4. The van der Waals surface area contributed by atoms with Gasteiger partial charge in [0, 0.05) is 24.7 Å². The summed E-state index contributed by atoms with van der Waals surface area (Å²) in [5, 5.41) is 6.46. The van der Waals surface area contributed by atoms with Crippen molar-refractivity contribution in [2.45, 2.75) is 0 Å². The van der Waals surface area contributed by atoms with Crippen LogP contribution in [0.15, 0.2) is 27.2 Å². The Balaban J connectivity index is 2.28. The maximum Gasteiger partial charge on any atom is 0.251 e. The van der Waals surface area contributed by atoms with Crippen LogP contribution in [0.25, 0.3) is 0 Å². The van der Waals surface area contributed by atoms with E-state index in [9.17, 15) is 0 Å². The molecule has 0 bridgehead atoms. The van der Waals surface area contributed by atoms with E-state index in [1.165, 1.54) is 0 Å². The molecule has 1 aromatic heterocycles. The molecule has 0 atom stereocenters. The monoisotopic (exact) mass is 147 g/mol. The third kappa shape index (κ3) is 1.21. The topological polar surface area (TPSA) is 65.8 Å². The number of aromatic nitrogens is 2. The van der Waals surface area contributed by atoms with Crippen LogP contribution in [0.3, 0.4) is 0 Å². The van der Waals surface area contributed by atoms with Crippen LogP contribution in [-0.2, 0) is 0 Å². The van der Waals surface area contributed by atoms with Gasteiger partial charge >= 0.3 is 0 Å². The Morgan fingerprint density at radius 1 is 1.27 bits per heavy atom. The van der Waals surface area contributed by atoms with Crippen LogP contribution in [-0.4, -0.2) is 28.6 Å². The maximum absolute atomic E-state index is 4.00. The molecule has 5 heteroatoms. The van der Waals surface area contributed by atoms with Gasteiger partial charge in [0.15, 0.2) is 5.82 Å². The molecule has 11 heavy (non-hydrogen) atoms. The van der Waals surface area contributed by atoms with E-state index in [4.69, 9.17) is 0 Å². The molecule has 0 saturated heterocycles. The zero-order chi connectivity index (χ0) is 7.52. The Hall–Kier alpha value is -1.78. The van der Waals surface area contributed by atoms with Crippen molar-refractivity contribution >= 4 is 24.2 Å². The van der Waals surface area contributed by atoms with Crippen LogP contribution in [0.5, 0.6) is 0 Å². The summed E-state index contributed by atoms with van der Waals surface area (Å²) in [5.41, 5.74) is 0. The number of hydrogen-bond donors (Lipinski definition) is 1. The van der Waals surface area contributed by atoms with Gasteiger partial charge in [0.1, 0.15) is 0 Å². The number of rotatable bonds is 1. The van der Waals surface area contributed by atoms with Gasteiger partial charge < -0.3 is 0 Å². The molecule has 0 amide bonds. The van der Waals surface area contributed by atoms with Crippen molar-refractivity contribution in [2.24, 2.45) is 15.0 Å². The third-order valence-corrected chi connectivity index (χ3v) is 1.15. The maximum atomic E-state index is 4.00. The minimum Gasteiger partial charge on any atom is -0.284 e. The fourth-order valence-electron chi connectivity index (χ4n) is 0.708. The molecule has 0 saturated carbocycles. The number of H-pyrrole nitrogens is 1. The molecule has 54 valence electrons. The second kappa shape index (κ2) is 2.45. The lowest BCUT2D eigenvalue weighted by molar-refractivity contribution is 1.08. The van der Waals surface area contributed by atoms with E-state index in [-0.39, 0.29) is 0 Å². The van der Waals surface area contributed by atoms with E-state index in [2.05, 4.69) is 25.2 Å². The predicted molar refractivity (Wildman–Crippen MR) is 42.7 cm³/mol. The van der Waals surface area contributed by atoms with Crippen LogP contribution < -0.4 is 0 Å².